The topological polar surface area (TPSA) is 140 Å². The zero-order chi connectivity index (χ0) is 25.3. The van der Waals surface area contributed by atoms with Crippen molar-refractivity contribution in [1.29, 1.82) is 0 Å². The van der Waals surface area contributed by atoms with Crippen molar-refractivity contribution in [2.24, 2.45) is 5.10 Å². The Bertz CT molecular complexity index is 1790. The lowest BCUT2D eigenvalue weighted by atomic mass is 10.1. The molecular formula is C26H21N9O3. The number of hydrogen-bond donors (Lipinski definition) is 2. The third-order valence-electron chi connectivity index (χ3n) is 6.27. The summed E-state index contributed by atoms with van der Waals surface area (Å²) in [5.41, 5.74) is 6.74. The zero-order valence-corrected chi connectivity index (χ0v) is 20.0. The highest BCUT2D eigenvalue weighted by Gasteiger charge is 2.17. The molecule has 4 heterocycles. The van der Waals surface area contributed by atoms with E-state index in [1.54, 1.807) is 12.5 Å². The number of benzene rings is 3. The predicted molar refractivity (Wildman–Crippen MR) is 143 cm³/mol. The first-order valence-corrected chi connectivity index (χ1v) is 12.1. The normalized spacial score (nSPS) is 14.2. The lowest BCUT2D eigenvalue weighted by molar-refractivity contribution is 0.122. The van der Waals surface area contributed by atoms with Gasteiger partial charge in [-0.2, -0.15) is 20.1 Å². The maximum absolute atomic E-state index is 5.73. The second-order valence-electron chi connectivity index (χ2n) is 8.73. The van der Waals surface area contributed by atoms with E-state index in [9.17, 15) is 0 Å². The summed E-state index contributed by atoms with van der Waals surface area (Å²) in [7, 11) is 0. The molecular weight excluding hydrogens is 486 g/mol. The molecule has 3 aromatic heterocycles. The molecule has 7 rings (SSSR count). The van der Waals surface area contributed by atoms with E-state index in [0.717, 1.165) is 33.0 Å². The number of fused-ring (bicyclic) bond motifs is 4. The minimum atomic E-state index is 0.304. The van der Waals surface area contributed by atoms with Crippen LogP contribution < -0.4 is 15.6 Å². The number of rotatable bonds is 6. The Morgan fingerprint density at radius 3 is 2.63 bits per heavy atom. The van der Waals surface area contributed by atoms with Crippen molar-refractivity contribution in [3.8, 4) is 0 Å². The molecule has 12 nitrogen and oxygen atoms in total. The van der Waals surface area contributed by atoms with Gasteiger partial charge in [-0.1, -0.05) is 24.3 Å². The number of hydrogen-bond acceptors (Lipinski definition) is 12. The van der Waals surface area contributed by atoms with E-state index in [4.69, 9.17) is 13.8 Å². The molecule has 6 aromatic rings. The Kier molecular flexibility index (Phi) is 5.48. The standard InChI is InChI=1S/C26H21N9O3/c1-6-21-22(34-38-33-21)13-16(1)15-27-32-25-29-24(30-26(31-25)35-8-11-36-12-9-35)28-19-5-4-17-2-3-18-7-10-37-23(18)20(17)14-19/h1-7,10,13-15H,8-9,11-12H2,(H2,28,29,30,31,32)/b27-15+. The average Bonchev–Trinajstić information content (AvgIpc) is 3.63. The van der Waals surface area contributed by atoms with Gasteiger partial charge in [-0.25, -0.2) is 10.1 Å². The molecule has 0 unspecified atom stereocenters. The molecule has 1 fully saturated rings. The third kappa shape index (κ3) is 4.33. The van der Waals surface area contributed by atoms with Crippen LogP contribution in [0.15, 0.2) is 75.0 Å². The van der Waals surface area contributed by atoms with Gasteiger partial charge in [-0.3, -0.25) is 0 Å². The van der Waals surface area contributed by atoms with Gasteiger partial charge in [0.15, 0.2) is 0 Å². The van der Waals surface area contributed by atoms with Crippen molar-refractivity contribution in [2.45, 2.75) is 0 Å². The van der Waals surface area contributed by atoms with E-state index in [0.29, 0.717) is 55.2 Å². The van der Waals surface area contributed by atoms with Crippen molar-refractivity contribution in [3.63, 3.8) is 0 Å². The van der Waals surface area contributed by atoms with Crippen molar-refractivity contribution >= 4 is 62.5 Å². The molecule has 2 N–H and O–H groups in total. The van der Waals surface area contributed by atoms with Gasteiger partial charge in [0.25, 0.3) is 0 Å². The Morgan fingerprint density at radius 2 is 1.68 bits per heavy atom. The molecule has 0 spiro atoms. The van der Waals surface area contributed by atoms with E-state index in [-0.39, 0.29) is 0 Å². The molecule has 1 aliphatic rings. The van der Waals surface area contributed by atoms with Gasteiger partial charge < -0.3 is 19.4 Å². The van der Waals surface area contributed by atoms with Gasteiger partial charge in [0, 0.05) is 29.5 Å². The van der Waals surface area contributed by atoms with E-state index in [1.807, 2.05) is 48.5 Å². The maximum Gasteiger partial charge on any atom is 0.250 e. The Balaban J connectivity index is 1.19. The van der Waals surface area contributed by atoms with Gasteiger partial charge in [0.1, 0.15) is 16.6 Å². The number of aromatic nitrogens is 5. The summed E-state index contributed by atoms with van der Waals surface area (Å²) < 4.78 is 16.0. The largest absolute Gasteiger partial charge is 0.464 e. The first kappa shape index (κ1) is 22.1. The molecule has 0 bridgehead atoms. The fourth-order valence-electron chi connectivity index (χ4n) is 4.37. The summed E-state index contributed by atoms with van der Waals surface area (Å²) in [5, 5.41) is 18.4. The van der Waals surface area contributed by atoms with E-state index in [1.165, 1.54) is 0 Å². The fourth-order valence-corrected chi connectivity index (χ4v) is 4.37. The number of ether oxygens (including phenoxy) is 1. The van der Waals surface area contributed by atoms with Gasteiger partial charge in [-0.15, -0.1) is 0 Å². The lowest BCUT2D eigenvalue weighted by Gasteiger charge is -2.27. The highest BCUT2D eigenvalue weighted by atomic mass is 16.6. The fraction of sp³-hybridized carbons (Fsp3) is 0.154. The molecule has 12 heteroatoms. The van der Waals surface area contributed by atoms with Crippen LogP contribution in [-0.2, 0) is 4.74 Å². The Hall–Kier alpha value is -5.10. The molecule has 1 saturated heterocycles. The molecule has 0 saturated carbocycles. The highest BCUT2D eigenvalue weighted by Crippen LogP contribution is 2.29. The molecule has 0 atom stereocenters. The molecule has 3 aromatic carbocycles. The van der Waals surface area contributed by atoms with Crippen molar-refractivity contribution < 1.29 is 13.8 Å². The molecule has 38 heavy (non-hydrogen) atoms. The van der Waals surface area contributed by atoms with Crippen molar-refractivity contribution in [3.05, 3.63) is 66.4 Å². The molecule has 1 aliphatic heterocycles. The minimum Gasteiger partial charge on any atom is -0.464 e. The van der Waals surface area contributed by atoms with Crippen LogP contribution in [0.3, 0.4) is 0 Å². The van der Waals surface area contributed by atoms with Gasteiger partial charge in [0.05, 0.1) is 25.7 Å². The van der Waals surface area contributed by atoms with Crippen LogP contribution in [0.25, 0.3) is 32.8 Å². The Labute approximate surface area is 215 Å². The number of nitrogens with one attached hydrogen (secondary N) is 2. The quantitative estimate of drug-likeness (QED) is 0.246. The van der Waals surface area contributed by atoms with Crippen molar-refractivity contribution in [2.75, 3.05) is 41.9 Å². The summed E-state index contributed by atoms with van der Waals surface area (Å²) in [6.45, 7) is 2.59. The van der Waals surface area contributed by atoms with Crippen LogP contribution in [0.1, 0.15) is 5.56 Å². The molecule has 0 aliphatic carbocycles. The monoisotopic (exact) mass is 507 g/mol. The number of nitrogens with zero attached hydrogens (tertiary/aromatic N) is 7. The van der Waals surface area contributed by atoms with E-state index < -0.39 is 0 Å². The summed E-state index contributed by atoms with van der Waals surface area (Å²) >= 11 is 0. The number of morpholine rings is 1. The van der Waals surface area contributed by atoms with E-state index in [2.05, 4.69) is 52.1 Å². The summed E-state index contributed by atoms with van der Waals surface area (Å²) in [6.07, 6.45) is 3.35. The third-order valence-corrected chi connectivity index (χ3v) is 6.27. The SMILES string of the molecule is C(=N\Nc1nc(Nc2ccc3ccc4ccoc4c3c2)nc(N2CCOCC2)n1)/c1ccc2nonc2c1. The summed E-state index contributed by atoms with van der Waals surface area (Å²) in [5.74, 6) is 1.23. The smallest absolute Gasteiger partial charge is 0.250 e. The molecule has 0 amide bonds. The first-order chi connectivity index (χ1) is 18.8. The van der Waals surface area contributed by atoms with Crippen molar-refractivity contribution in [1.82, 2.24) is 25.3 Å². The van der Waals surface area contributed by atoms with Crippen LogP contribution in [-0.4, -0.2) is 57.8 Å². The van der Waals surface area contributed by atoms with Crippen LogP contribution in [0.4, 0.5) is 23.5 Å². The lowest BCUT2D eigenvalue weighted by Crippen LogP contribution is -2.37. The molecule has 188 valence electrons. The van der Waals surface area contributed by atoms with Gasteiger partial charge >= 0.3 is 0 Å². The zero-order valence-electron chi connectivity index (χ0n) is 20.0. The highest BCUT2D eigenvalue weighted by molar-refractivity contribution is 6.05. The summed E-state index contributed by atoms with van der Waals surface area (Å²) in [4.78, 5) is 15.9. The first-order valence-electron chi connectivity index (χ1n) is 12.1. The average molecular weight is 508 g/mol. The second kappa shape index (κ2) is 9.41. The van der Waals surface area contributed by atoms with Gasteiger partial charge in [0.2, 0.25) is 17.8 Å². The van der Waals surface area contributed by atoms with Crippen LogP contribution >= 0.6 is 0 Å². The van der Waals surface area contributed by atoms with Crippen LogP contribution in [0.5, 0.6) is 0 Å². The number of hydrazone groups is 1. The molecule has 0 radical (unpaired) electrons. The number of furan rings is 1. The van der Waals surface area contributed by atoms with Gasteiger partial charge in [-0.05, 0) is 51.6 Å². The number of anilines is 4. The van der Waals surface area contributed by atoms with E-state index >= 15 is 0 Å². The van der Waals surface area contributed by atoms with Crippen LogP contribution in [0, 0.1) is 0 Å². The summed E-state index contributed by atoms with van der Waals surface area (Å²) in [6, 6.07) is 17.6. The second-order valence-corrected chi connectivity index (χ2v) is 8.73. The Morgan fingerprint density at radius 1 is 0.842 bits per heavy atom. The predicted octanol–water partition coefficient (Wildman–Crippen LogP) is 4.33. The maximum atomic E-state index is 5.73. The van der Waals surface area contributed by atoms with Crippen LogP contribution in [0.2, 0.25) is 0 Å². The minimum absolute atomic E-state index is 0.304.